The van der Waals surface area contributed by atoms with Crippen LogP contribution in [0.3, 0.4) is 0 Å². The van der Waals surface area contributed by atoms with Crippen LogP contribution >= 0.6 is 22.9 Å². The molecule has 1 fully saturated rings. The lowest BCUT2D eigenvalue weighted by Crippen LogP contribution is -2.50. The topological polar surface area (TPSA) is 75.5 Å². The van der Waals surface area contributed by atoms with Crippen LogP contribution in [0.15, 0.2) is 59.1 Å². The number of rotatable bonds is 4. The summed E-state index contributed by atoms with van der Waals surface area (Å²) in [4.78, 5) is 14.4. The van der Waals surface area contributed by atoms with Gasteiger partial charge in [-0.2, -0.15) is 9.40 Å². The van der Waals surface area contributed by atoms with Crippen molar-refractivity contribution in [3.63, 3.8) is 0 Å². The molecule has 28 heavy (non-hydrogen) atoms. The number of piperazine rings is 1. The number of para-hydroxylation sites is 1. The molecule has 7 nitrogen and oxygen atoms in total. The van der Waals surface area contributed by atoms with E-state index in [1.807, 2.05) is 30.3 Å². The second kappa shape index (κ2) is 7.67. The van der Waals surface area contributed by atoms with Crippen molar-refractivity contribution in [1.82, 2.24) is 19.0 Å². The highest BCUT2D eigenvalue weighted by Gasteiger charge is 2.31. The highest BCUT2D eigenvalue weighted by molar-refractivity contribution is 7.91. The Morgan fingerprint density at radius 2 is 1.75 bits per heavy atom. The number of nitrogens with zero attached hydrogens (tertiary/aromatic N) is 4. The van der Waals surface area contributed by atoms with Crippen molar-refractivity contribution in [2.75, 3.05) is 26.2 Å². The van der Waals surface area contributed by atoms with E-state index in [1.165, 1.54) is 16.6 Å². The number of carbonyl (C=O) groups excluding carboxylic acids is 1. The lowest BCUT2D eigenvalue weighted by atomic mass is 10.2. The molecule has 1 saturated heterocycles. The van der Waals surface area contributed by atoms with Crippen LogP contribution in [0, 0.1) is 0 Å². The van der Waals surface area contributed by atoms with E-state index >= 15 is 0 Å². The van der Waals surface area contributed by atoms with E-state index in [9.17, 15) is 13.2 Å². The van der Waals surface area contributed by atoms with E-state index in [0.717, 1.165) is 17.0 Å². The number of carbonyl (C=O) groups is 1. The SMILES string of the molecule is O=C(c1cnn(-c2ccccc2)c1)N1CCN(S(=O)(=O)c2ccc(Cl)s2)CC1. The van der Waals surface area contributed by atoms with E-state index in [-0.39, 0.29) is 23.2 Å². The van der Waals surface area contributed by atoms with Crippen molar-refractivity contribution in [3.8, 4) is 5.69 Å². The van der Waals surface area contributed by atoms with Gasteiger partial charge in [0.25, 0.3) is 15.9 Å². The third-order valence-corrected chi connectivity index (χ3v) is 8.12. The Morgan fingerprint density at radius 1 is 1.04 bits per heavy atom. The molecule has 1 aliphatic rings. The van der Waals surface area contributed by atoms with Crippen LogP contribution in [-0.4, -0.2) is 59.5 Å². The number of thiophene rings is 1. The molecule has 1 aromatic carbocycles. The molecule has 1 aliphatic heterocycles. The zero-order chi connectivity index (χ0) is 19.7. The zero-order valence-corrected chi connectivity index (χ0v) is 17.1. The Bertz CT molecular complexity index is 1090. The normalized spacial score (nSPS) is 15.7. The fourth-order valence-electron chi connectivity index (χ4n) is 3.03. The maximum absolute atomic E-state index is 12.8. The van der Waals surface area contributed by atoms with Gasteiger partial charge in [0.2, 0.25) is 0 Å². The van der Waals surface area contributed by atoms with Crippen molar-refractivity contribution >= 4 is 38.9 Å². The van der Waals surface area contributed by atoms with Crippen molar-refractivity contribution in [1.29, 1.82) is 0 Å². The van der Waals surface area contributed by atoms with Gasteiger partial charge in [0.15, 0.2) is 0 Å². The Labute approximate surface area is 171 Å². The smallest absolute Gasteiger partial charge is 0.257 e. The fourth-order valence-corrected chi connectivity index (χ4v) is 6.09. The molecular weight excluding hydrogens is 420 g/mol. The summed E-state index contributed by atoms with van der Waals surface area (Å²) in [6, 6.07) is 12.6. The molecule has 0 unspecified atom stereocenters. The molecule has 0 radical (unpaired) electrons. The first-order chi connectivity index (χ1) is 13.4. The molecule has 3 aromatic rings. The quantitative estimate of drug-likeness (QED) is 0.630. The standard InChI is InChI=1S/C18H17ClN4O3S2/c19-16-6-7-17(27-16)28(25,26)22-10-8-21(9-11-22)18(24)14-12-20-23(13-14)15-4-2-1-3-5-15/h1-7,12-13H,8-11H2. The molecule has 146 valence electrons. The summed E-state index contributed by atoms with van der Waals surface area (Å²) in [6.45, 7) is 1.15. The molecule has 0 spiro atoms. The van der Waals surface area contributed by atoms with E-state index in [0.29, 0.717) is 23.0 Å². The molecule has 3 heterocycles. The third kappa shape index (κ3) is 3.70. The summed E-state index contributed by atoms with van der Waals surface area (Å²) >= 11 is 6.90. The highest BCUT2D eigenvalue weighted by atomic mass is 35.5. The van der Waals surface area contributed by atoms with Crippen LogP contribution in [0.25, 0.3) is 5.69 Å². The summed E-state index contributed by atoms with van der Waals surface area (Å²) < 4.78 is 29.0. The van der Waals surface area contributed by atoms with Gasteiger partial charge < -0.3 is 4.90 Å². The van der Waals surface area contributed by atoms with Gasteiger partial charge >= 0.3 is 0 Å². The molecule has 0 saturated carbocycles. The zero-order valence-electron chi connectivity index (χ0n) is 14.7. The number of amides is 1. The van der Waals surface area contributed by atoms with Gasteiger partial charge in [-0.05, 0) is 24.3 Å². The summed E-state index contributed by atoms with van der Waals surface area (Å²) in [5, 5.41) is 4.25. The average molecular weight is 437 g/mol. The Morgan fingerprint density at radius 3 is 2.39 bits per heavy atom. The van der Waals surface area contributed by atoms with Crippen LogP contribution in [0.1, 0.15) is 10.4 Å². The van der Waals surface area contributed by atoms with Gasteiger partial charge in [-0.3, -0.25) is 4.79 Å². The van der Waals surface area contributed by atoms with Crippen molar-refractivity contribution in [2.24, 2.45) is 0 Å². The predicted molar refractivity (Wildman–Crippen MR) is 108 cm³/mol. The summed E-state index contributed by atoms with van der Waals surface area (Å²) in [6.07, 6.45) is 3.22. The highest BCUT2D eigenvalue weighted by Crippen LogP contribution is 2.28. The number of benzene rings is 1. The van der Waals surface area contributed by atoms with Crippen LogP contribution in [0.4, 0.5) is 0 Å². The number of aromatic nitrogens is 2. The number of sulfonamides is 1. The molecule has 10 heteroatoms. The van der Waals surface area contributed by atoms with Gasteiger partial charge in [-0.25, -0.2) is 13.1 Å². The van der Waals surface area contributed by atoms with Crippen molar-refractivity contribution in [3.05, 3.63) is 64.8 Å². The van der Waals surface area contributed by atoms with Gasteiger partial charge in [0, 0.05) is 32.4 Å². The molecule has 0 aliphatic carbocycles. The minimum atomic E-state index is -3.57. The molecule has 1 amide bonds. The van der Waals surface area contributed by atoms with Gasteiger partial charge in [0.1, 0.15) is 4.21 Å². The molecule has 4 rings (SSSR count). The van der Waals surface area contributed by atoms with Crippen LogP contribution in [-0.2, 0) is 10.0 Å². The minimum Gasteiger partial charge on any atom is -0.336 e. The molecule has 0 atom stereocenters. The first-order valence-corrected chi connectivity index (χ1v) is 11.2. The summed E-state index contributed by atoms with van der Waals surface area (Å²) in [5.41, 5.74) is 1.34. The fraction of sp³-hybridized carbons (Fsp3) is 0.222. The van der Waals surface area contributed by atoms with E-state index < -0.39 is 10.0 Å². The summed E-state index contributed by atoms with van der Waals surface area (Å²) in [7, 11) is -3.57. The monoisotopic (exact) mass is 436 g/mol. The number of hydrogen-bond acceptors (Lipinski definition) is 5. The second-order valence-corrected chi connectivity index (χ2v) is 10.1. The van der Waals surface area contributed by atoms with E-state index in [1.54, 1.807) is 21.8 Å². The third-order valence-electron chi connectivity index (χ3n) is 4.52. The lowest BCUT2D eigenvalue weighted by molar-refractivity contribution is 0.0698. The van der Waals surface area contributed by atoms with Gasteiger partial charge in [0.05, 0.1) is 21.8 Å². The van der Waals surface area contributed by atoms with Crippen molar-refractivity contribution < 1.29 is 13.2 Å². The maximum Gasteiger partial charge on any atom is 0.257 e. The van der Waals surface area contributed by atoms with Crippen LogP contribution in [0.5, 0.6) is 0 Å². The van der Waals surface area contributed by atoms with Crippen molar-refractivity contribution in [2.45, 2.75) is 4.21 Å². The largest absolute Gasteiger partial charge is 0.336 e. The second-order valence-electron chi connectivity index (χ2n) is 6.26. The summed E-state index contributed by atoms with van der Waals surface area (Å²) in [5.74, 6) is -0.154. The first kappa shape index (κ1) is 19.1. The van der Waals surface area contributed by atoms with Crippen LogP contribution in [0.2, 0.25) is 4.34 Å². The number of halogens is 1. The Kier molecular flexibility index (Phi) is 5.24. The first-order valence-electron chi connectivity index (χ1n) is 8.60. The Balaban J connectivity index is 1.43. The van der Waals surface area contributed by atoms with Gasteiger partial charge in [-0.1, -0.05) is 29.8 Å². The van der Waals surface area contributed by atoms with E-state index in [2.05, 4.69) is 5.10 Å². The van der Waals surface area contributed by atoms with Gasteiger partial charge in [-0.15, -0.1) is 11.3 Å². The maximum atomic E-state index is 12.8. The molecule has 0 bridgehead atoms. The molecular formula is C18H17ClN4O3S2. The predicted octanol–water partition coefficient (Wildman–Crippen LogP) is 2.73. The lowest BCUT2D eigenvalue weighted by Gasteiger charge is -2.33. The molecule has 0 N–H and O–H groups in total. The minimum absolute atomic E-state index is 0.154. The average Bonchev–Trinajstić information content (AvgIpc) is 3.38. The molecule has 2 aromatic heterocycles. The van der Waals surface area contributed by atoms with Crippen LogP contribution < -0.4 is 0 Å². The van der Waals surface area contributed by atoms with E-state index in [4.69, 9.17) is 11.6 Å². The Hall–Kier alpha value is -2.20. The number of hydrogen-bond donors (Lipinski definition) is 0.